The van der Waals surface area contributed by atoms with Gasteiger partial charge in [-0.15, -0.1) is 11.3 Å². The summed E-state index contributed by atoms with van der Waals surface area (Å²) in [7, 11) is 0. The molecule has 1 saturated heterocycles. The number of pyridine rings is 1. The first-order chi connectivity index (χ1) is 19.0. The molecule has 1 amide bonds. The highest BCUT2D eigenvalue weighted by molar-refractivity contribution is 7.23. The minimum atomic E-state index is -0.660. The van der Waals surface area contributed by atoms with E-state index in [0.29, 0.717) is 40.2 Å². The van der Waals surface area contributed by atoms with Crippen molar-refractivity contribution in [1.29, 1.82) is 0 Å². The van der Waals surface area contributed by atoms with Crippen molar-refractivity contribution in [1.82, 2.24) is 9.97 Å². The maximum absolute atomic E-state index is 12.8. The summed E-state index contributed by atoms with van der Waals surface area (Å²) >= 11 is 2.86. The fourth-order valence-electron chi connectivity index (χ4n) is 4.94. The summed E-state index contributed by atoms with van der Waals surface area (Å²) in [5.74, 6) is -0.660. The molecule has 2 aliphatic rings. The summed E-state index contributed by atoms with van der Waals surface area (Å²) in [4.78, 5) is 35.8. The smallest absolute Gasteiger partial charge is 0.269 e. The highest BCUT2D eigenvalue weighted by Crippen LogP contribution is 2.39. The van der Waals surface area contributed by atoms with Gasteiger partial charge in [-0.25, -0.2) is 9.97 Å². The summed E-state index contributed by atoms with van der Waals surface area (Å²) in [6.45, 7) is 2.70. The molecule has 4 aromatic rings. The van der Waals surface area contributed by atoms with E-state index in [4.69, 9.17) is 14.9 Å². The van der Waals surface area contributed by atoms with Crippen LogP contribution in [0.25, 0.3) is 20.9 Å². The van der Waals surface area contributed by atoms with Crippen molar-refractivity contribution in [3.8, 4) is 10.6 Å². The molecule has 5 heterocycles. The summed E-state index contributed by atoms with van der Waals surface area (Å²) in [5, 5.41) is 19.1. The minimum absolute atomic E-state index is 0.0771. The van der Waals surface area contributed by atoms with Crippen molar-refractivity contribution >= 4 is 60.2 Å². The maximum atomic E-state index is 12.8. The zero-order valence-corrected chi connectivity index (χ0v) is 22.6. The van der Waals surface area contributed by atoms with E-state index in [9.17, 15) is 14.7 Å². The lowest BCUT2D eigenvalue weighted by atomic mass is 9.92. The number of carbonyl (C=O) groups is 1. The number of rotatable bonds is 7. The van der Waals surface area contributed by atoms with Crippen LogP contribution in [-0.2, 0) is 4.74 Å². The van der Waals surface area contributed by atoms with Crippen LogP contribution in [0.3, 0.4) is 0 Å². The number of carbonyl (C=O) groups excluding carboxylic acids is 1. The summed E-state index contributed by atoms with van der Waals surface area (Å²) in [5.41, 5.74) is 7.67. The molecule has 4 aromatic heterocycles. The largest absolute Gasteiger partial charge is 0.459 e. The normalized spacial score (nSPS) is 19.8. The number of nitrogens with two attached hydrogens (primary N) is 1. The van der Waals surface area contributed by atoms with E-state index in [1.807, 2.05) is 0 Å². The number of nitrogens with one attached hydrogen (secondary N) is 2. The number of anilines is 4. The Morgan fingerprint density at radius 2 is 1.95 bits per heavy atom. The number of primary amides is 1. The van der Waals surface area contributed by atoms with Crippen LogP contribution in [0, 0.1) is 0 Å². The monoisotopic (exact) mass is 568 g/mol. The van der Waals surface area contributed by atoms with Gasteiger partial charge in [0.05, 0.1) is 64.4 Å². The number of amides is 1. The molecule has 1 aliphatic carbocycles. The van der Waals surface area contributed by atoms with E-state index >= 15 is 0 Å². The Balaban J connectivity index is 1.28. The summed E-state index contributed by atoms with van der Waals surface area (Å²) in [6, 6.07) is 3.31. The highest BCUT2D eigenvalue weighted by Gasteiger charge is 2.24. The number of nitrogens with zero attached hydrogens (tertiary/aromatic N) is 3. The summed E-state index contributed by atoms with van der Waals surface area (Å²) < 4.78 is 11.8. The van der Waals surface area contributed by atoms with Crippen molar-refractivity contribution in [3.05, 3.63) is 46.7 Å². The van der Waals surface area contributed by atoms with Crippen LogP contribution in [0.2, 0.25) is 0 Å². The Bertz CT molecular complexity index is 1560. The fourth-order valence-corrected chi connectivity index (χ4v) is 7.02. The fraction of sp³-hybridized carbons (Fsp3) is 0.385. The SMILES string of the molecule is NC(=O)c1ncc(N[C@@H]2CCCC[C@@H]2O)cc1Nc1cnc(-c2coc3c(=O)cc(N4CCOCC4)sc23)s1. The van der Waals surface area contributed by atoms with Crippen LogP contribution in [0.1, 0.15) is 36.2 Å². The molecule has 0 unspecified atom stereocenters. The number of aliphatic hydroxyl groups is 1. The van der Waals surface area contributed by atoms with Gasteiger partial charge in [-0.3, -0.25) is 9.59 Å². The van der Waals surface area contributed by atoms with Crippen LogP contribution in [0.4, 0.5) is 21.4 Å². The quantitative estimate of drug-likeness (QED) is 0.259. The highest BCUT2D eigenvalue weighted by atomic mass is 32.1. The van der Waals surface area contributed by atoms with Gasteiger partial charge in [0.25, 0.3) is 5.91 Å². The zero-order chi connectivity index (χ0) is 26.9. The van der Waals surface area contributed by atoms with Gasteiger partial charge in [-0.2, -0.15) is 0 Å². The first kappa shape index (κ1) is 25.7. The van der Waals surface area contributed by atoms with Gasteiger partial charge in [0.2, 0.25) is 5.43 Å². The topological polar surface area (TPSA) is 156 Å². The Morgan fingerprint density at radius 1 is 1.13 bits per heavy atom. The van der Waals surface area contributed by atoms with Crippen molar-refractivity contribution in [2.24, 2.45) is 5.73 Å². The number of fused-ring (bicyclic) bond motifs is 1. The first-order valence-corrected chi connectivity index (χ1v) is 14.5. The molecule has 1 aliphatic heterocycles. The number of aromatic nitrogens is 2. The van der Waals surface area contributed by atoms with Crippen molar-refractivity contribution in [3.63, 3.8) is 0 Å². The molecule has 39 heavy (non-hydrogen) atoms. The molecule has 1 saturated carbocycles. The predicted octanol–water partition coefficient (Wildman–Crippen LogP) is 3.77. The van der Waals surface area contributed by atoms with Crippen LogP contribution < -0.4 is 26.7 Å². The lowest BCUT2D eigenvalue weighted by Gasteiger charge is -2.29. The number of aliphatic hydroxyl groups excluding tert-OH is 1. The number of morpholine rings is 1. The lowest BCUT2D eigenvalue weighted by molar-refractivity contribution is 0.0996. The van der Waals surface area contributed by atoms with Gasteiger partial charge < -0.3 is 35.5 Å². The zero-order valence-electron chi connectivity index (χ0n) is 21.0. The molecule has 11 nitrogen and oxygen atoms in total. The van der Waals surface area contributed by atoms with Gasteiger partial charge in [0.1, 0.15) is 16.3 Å². The Hall–Kier alpha value is -3.52. The van der Waals surface area contributed by atoms with Gasteiger partial charge in [0, 0.05) is 19.2 Å². The molecule has 0 bridgehead atoms. The number of hydrogen-bond acceptors (Lipinski definition) is 12. The Kier molecular flexibility index (Phi) is 7.21. The predicted molar refractivity (Wildman–Crippen MR) is 152 cm³/mol. The molecule has 5 N–H and O–H groups in total. The van der Waals surface area contributed by atoms with Gasteiger partial charge >= 0.3 is 0 Å². The van der Waals surface area contributed by atoms with Crippen LogP contribution in [0.5, 0.6) is 0 Å². The minimum Gasteiger partial charge on any atom is -0.459 e. The standard InChI is InChI=1S/C26H28N6O5S2/c27-25(35)22-17(9-14(11-28-22)30-16-3-1-2-4-18(16)33)31-20-12-29-26(38-20)15-13-37-23-19(34)10-21(39-24(15)23)32-5-7-36-8-6-32/h9-13,16,18,30-31,33H,1-8H2,(H2,27,35)/t16-,18+/m1/s1. The third-order valence-electron chi connectivity index (χ3n) is 6.95. The average molecular weight is 569 g/mol. The van der Waals surface area contributed by atoms with Crippen molar-refractivity contribution in [2.45, 2.75) is 37.8 Å². The molecular weight excluding hydrogens is 540 g/mol. The van der Waals surface area contributed by atoms with E-state index < -0.39 is 12.0 Å². The van der Waals surface area contributed by atoms with E-state index in [1.165, 1.54) is 22.7 Å². The molecule has 0 spiro atoms. The second-order valence-corrected chi connectivity index (χ2v) is 11.7. The Labute approximate surface area is 231 Å². The van der Waals surface area contributed by atoms with Gasteiger partial charge in [-0.05, 0) is 18.9 Å². The van der Waals surface area contributed by atoms with E-state index in [0.717, 1.165) is 54.0 Å². The second kappa shape index (κ2) is 10.9. The molecule has 13 heteroatoms. The van der Waals surface area contributed by atoms with E-state index in [2.05, 4.69) is 25.5 Å². The maximum Gasteiger partial charge on any atom is 0.269 e. The Morgan fingerprint density at radius 3 is 2.74 bits per heavy atom. The lowest BCUT2D eigenvalue weighted by Crippen LogP contribution is -2.36. The summed E-state index contributed by atoms with van der Waals surface area (Å²) in [6.07, 6.45) is 8.00. The number of thiazole rings is 1. The molecule has 204 valence electrons. The van der Waals surface area contributed by atoms with Crippen LogP contribution in [-0.4, -0.2) is 59.4 Å². The van der Waals surface area contributed by atoms with Crippen LogP contribution in [0.15, 0.2) is 40.0 Å². The van der Waals surface area contributed by atoms with Crippen LogP contribution >= 0.6 is 22.7 Å². The van der Waals surface area contributed by atoms with Crippen molar-refractivity contribution in [2.75, 3.05) is 41.8 Å². The third kappa shape index (κ3) is 5.35. The molecular formula is C26H28N6O5S2. The number of furan rings is 1. The second-order valence-electron chi connectivity index (χ2n) is 9.60. The van der Waals surface area contributed by atoms with Gasteiger partial charge in [0.15, 0.2) is 11.3 Å². The van der Waals surface area contributed by atoms with Gasteiger partial charge in [-0.1, -0.05) is 24.2 Å². The molecule has 0 aromatic carbocycles. The third-order valence-corrected chi connectivity index (χ3v) is 9.09. The molecule has 2 atom stereocenters. The first-order valence-electron chi connectivity index (χ1n) is 12.8. The van der Waals surface area contributed by atoms with E-state index in [-0.39, 0.29) is 17.2 Å². The number of ether oxygens (including phenoxy) is 1. The molecule has 6 rings (SSSR count). The average Bonchev–Trinajstić information content (AvgIpc) is 3.58. The number of hydrogen-bond donors (Lipinski definition) is 4. The van der Waals surface area contributed by atoms with Crippen molar-refractivity contribution < 1.29 is 19.1 Å². The molecule has 2 fully saturated rings. The molecule has 0 radical (unpaired) electrons. The van der Waals surface area contributed by atoms with E-state index in [1.54, 1.807) is 30.8 Å².